The summed E-state index contributed by atoms with van der Waals surface area (Å²) in [6.07, 6.45) is -0.639. The Kier molecular flexibility index (Phi) is 5.05. The Balaban J connectivity index is 1.94. The summed E-state index contributed by atoms with van der Waals surface area (Å²) < 4.78 is 0. The highest BCUT2D eigenvalue weighted by atomic mass is 35.5. The molecule has 1 aromatic carbocycles. The van der Waals surface area contributed by atoms with Gasteiger partial charge in [0.25, 0.3) is 0 Å². The highest BCUT2D eigenvalue weighted by molar-refractivity contribution is 6.30. The summed E-state index contributed by atoms with van der Waals surface area (Å²) in [6, 6.07) is 5.96. The number of aliphatic hydroxyl groups is 2. The second-order valence-corrected chi connectivity index (χ2v) is 5.49. The van der Waals surface area contributed by atoms with Gasteiger partial charge in [-0.05, 0) is 24.6 Å². The third kappa shape index (κ3) is 3.83. The van der Waals surface area contributed by atoms with Crippen LogP contribution in [0.25, 0.3) is 0 Å². The van der Waals surface area contributed by atoms with Crippen LogP contribution in [0.1, 0.15) is 5.56 Å². The summed E-state index contributed by atoms with van der Waals surface area (Å²) in [5.74, 6) is 0. The van der Waals surface area contributed by atoms with Crippen LogP contribution in [0.4, 0.5) is 5.69 Å². The van der Waals surface area contributed by atoms with E-state index >= 15 is 0 Å². The minimum absolute atomic E-state index is 0.173. The zero-order valence-electron chi connectivity index (χ0n) is 11.2. The number of halogens is 1. The van der Waals surface area contributed by atoms with Gasteiger partial charge < -0.3 is 15.1 Å². The molecule has 0 radical (unpaired) electrons. The lowest BCUT2D eigenvalue weighted by Gasteiger charge is -2.37. The van der Waals surface area contributed by atoms with Crippen molar-refractivity contribution in [3.8, 4) is 0 Å². The molecule has 0 bridgehead atoms. The predicted molar refractivity (Wildman–Crippen MR) is 77.9 cm³/mol. The second kappa shape index (κ2) is 6.57. The third-order valence-electron chi connectivity index (χ3n) is 3.56. The van der Waals surface area contributed by atoms with Crippen molar-refractivity contribution in [2.24, 2.45) is 0 Å². The highest BCUT2D eigenvalue weighted by Crippen LogP contribution is 2.25. The predicted octanol–water partition coefficient (Wildman–Crippen LogP) is 1.12. The summed E-state index contributed by atoms with van der Waals surface area (Å²) in [4.78, 5) is 4.50. The van der Waals surface area contributed by atoms with Gasteiger partial charge in [0.1, 0.15) is 0 Å². The van der Waals surface area contributed by atoms with Gasteiger partial charge in [0.15, 0.2) is 0 Å². The molecule has 0 unspecified atom stereocenters. The minimum Gasteiger partial charge on any atom is -0.394 e. The molecule has 0 aromatic heterocycles. The number of hydrogen-bond donors (Lipinski definition) is 2. The quantitative estimate of drug-likeness (QED) is 0.870. The van der Waals surface area contributed by atoms with Crippen molar-refractivity contribution in [2.45, 2.75) is 13.0 Å². The van der Waals surface area contributed by atoms with Crippen LogP contribution in [0.5, 0.6) is 0 Å². The van der Waals surface area contributed by atoms with Gasteiger partial charge in [0.05, 0.1) is 12.7 Å². The molecule has 1 aliphatic heterocycles. The lowest BCUT2D eigenvalue weighted by atomic mass is 10.1. The van der Waals surface area contributed by atoms with E-state index in [9.17, 15) is 5.11 Å². The second-order valence-electron chi connectivity index (χ2n) is 5.05. The molecule has 0 saturated carbocycles. The Hall–Kier alpha value is -0.810. The summed E-state index contributed by atoms with van der Waals surface area (Å²) >= 11 is 6.05. The molecule has 4 nitrogen and oxygen atoms in total. The van der Waals surface area contributed by atoms with Gasteiger partial charge in [-0.3, -0.25) is 4.90 Å². The van der Waals surface area contributed by atoms with E-state index in [1.165, 1.54) is 11.3 Å². The van der Waals surface area contributed by atoms with Crippen molar-refractivity contribution in [2.75, 3.05) is 44.2 Å². The van der Waals surface area contributed by atoms with E-state index in [1.807, 2.05) is 18.2 Å². The van der Waals surface area contributed by atoms with Gasteiger partial charge >= 0.3 is 0 Å². The van der Waals surface area contributed by atoms with Crippen LogP contribution in [0, 0.1) is 6.92 Å². The van der Waals surface area contributed by atoms with Gasteiger partial charge in [-0.15, -0.1) is 0 Å². The Bertz CT molecular complexity index is 420. The van der Waals surface area contributed by atoms with Gasteiger partial charge in [0, 0.05) is 43.4 Å². The molecule has 1 fully saturated rings. The van der Waals surface area contributed by atoms with E-state index in [0.29, 0.717) is 6.54 Å². The molecule has 5 heteroatoms. The lowest BCUT2D eigenvalue weighted by molar-refractivity contribution is 0.0575. The number of β-amino-alcohol motifs (C(OH)–C–C–N with tert-alkyl or cyclic N) is 1. The molecular weight excluding hydrogens is 264 g/mol. The van der Waals surface area contributed by atoms with E-state index in [-0.39, 0.29) is 6.61 Å². The average molecular weight is 285 g/mol. The molecule has 1 aliphatic rings. The topological polar surface area (TPSA) is 46.9 Å². The number of anilines is 1. The van der Waals surface area contributed by atoms with Gasteiger partial charge in [-0.1, -0.05) is 17.7 Å². The lowest BCUT2D eigenvalue weighted by Crippen LogP contribution is -2.49. The van der Waals surface area contributed by atoms with Gasteiger partial charge in [-0.25, -0.2) is 0 Å². The number of aliphatic hydroxyl groups excluding tert-OH is 2. The molecule has 1 atom stereocenters. The molecule has 2 rings (SSSR count). The number of nitrogens with zero attached hydrogens (tertiary/aromatic N) is 2. The van der Waals surface area contributed by atoms with Crippen LogP contribution in [-0.4, -0.2) is 60.5 Å². The molecule has 2 N–H and O–H groups in total. The summed E-state index contributed by atoms with van der Waals surface area (Å²) in [7, 11) is 0. The monoisotopic (exact) mass is 284 g/mol. The molecular formula is C14H21ClN2O2. The highest BCUT2D eigenvalue weighted by Gasteiger charge is 2.20. The van der Waals surface area contributed by atoms with Crippen molar-refractivity contribution in [1.82, 2.24) is 4.90 Å². The number of hydrogen-bond acceptors (Lipinski definition) is 4. The maximum atomic E-state index is 9.45. The molecule has 0 spiro atoms. The van der Waals surface area contributed by atoms with Crippen LogP contribution in [-0.2, 0) is 0 Å². The van der Waals surface area contributed by atoms with Crippen LogP contribution in [0.3, 0.4) is 0 Å². The van der Waals surface area contributed by atoms with Crippen LogP contribution >= 0.6 is 11.6 Å². The first kappa shape index (κ1) is 14.6. The van der Waals surface area contributed by atoms with Crippen molar-refractivity contribution < 1.29 is 10.2 Å². The maximum absolute atomic E-state index is 9.45. The van der Waals surface area contributed by atoms with Crippen molar-refractivity contribution in [3.05, 3.63) is 28.8 Å². The molecule has 1 saturated heterocycles. The Labute approximate surface area is 119 Å². The molecule has 1 aromatic rings. The molecule has 19 heavy (non-hydrogen) atoms. The summed E-state index contributed by atoms with van der Waals surface area (Å²) in [6.45, 7) is 6.07. The molecule has 0 aliphatic carbocycles. The fourth-order valence-electron chi connectivity index (χ4n) is 2.45. The molecule has 106 valence electrons. The van der Waals surface area contributed by atoms with E-state index in [1.54, 1.807) is 0 Å². The number of piperazine rings is 1. The van der Waals surface area contributed by atoms with Crippen LogP contribution in [0.15, 0.2) is 18.2 Å². The average Bonchev–Trinajstić information content (AvgIpc) is 2.42. The zero-order chi connectivity index (χ0) is 13.8. The molecule has 0 amide bonds. The maximum Gasteiger partial charge on any atom is 0.0897 e. The number of benzene rings is 1. The van der Waals surface area contributed by atoms with E-state index in [2.05, 4.69) is 16.7 Å². The minimum atomic E-state index is -0.639. The third-order valence-corrected chi connectivity index (χ3v) is 3.80. The Morgan fingerprint density at radius 3 is 2.58 bits per heavy atom. The van der Waals surface area contributed by atoms with Crippen molar-refractivity contribution in [1.29, 1.82) is 0 Å². The van der Waals surface area contributed by atoms with Crippen LogP contribution in [0.2, 0.25) is 5.02 Å². The SMILES string of the molecule is Cc1ccc(Cl)cc1N1CCN(C[C@H](O)CO)CC1. The first-order valence-electron chi connectivity index (χ1n) is 6.62. The summed E-state index contributed by atoms with van der Waals surface area (Å²) in [5, 5.41) is 19.1. The van der Waals surface area contributed by atoms with E-state index in [4.69, 9.17) is 16.7 Å². The van der Waals surface area contributed by atoms with E-state index in [0.717, 1.165) is 31.2 Å². The van der Waals surface area contributed by atoms with Crippen LogP contribution < -0.4 is 4.90 Å². The number of aryl methyl sites for hydroxylation is 1. The Morgan fingerprint density at radius 1 is 1.26 bits per heavy atom. The Morgan fingerprint density at radius 2 is 1.95 bits per heavy atom. The molecule has 1 heterocycles. The fourth-order valence-corrected chi connectivity index (χ4v) is 2.62. The van der Waals surface area contributed by atoms with Crippen molar-refractivity contribution >= 4 is 17.3 Å². The summed E-state index contributed by atoms with van der Waals surface area (Å²) in [5.41, 5.74) is 2.42. The van der Waals surface area contributed by atoms with E-state index < -0.39 is 6.10 Å². The largest absolute Gasteiger partial charge is 0.394 e. The zero-order valence-corrected chi connectivity index (χ0v) is 12.0. The first-order valence-corrected chi connectivity index (χ1v) is 7.00. The van der Waals surface area contributed by atoms with Crippen molar-refractivity contribution in [3.63, 3.8) is 0 Å². The fraction of sp³-hybridized carbons (Fsp3) is 0.571. The normalized spacial score (nSPS) is 18.6. The number of rotatable bonds is 4. The van der Waals surface area contributed by atoms with Gasteiger partial charge in [-0.2, -0.15) is 0 Å². The standard InChI is InChI=1S/C14H21ClN2O2/c1-11-2-3-12(15)8-14(11)17-6-4-16(5-7-17)9-13(19)10-18/h2-3,8,13,18-19H,4-7,9-10H2,1H3/t13-/m0/s1. The van der Waals surface area contributed by atoms with Gasteiger partial charge in [0.2, 0.25) is 0 Å². The first-order chi connectivity index (χ1) is 9.10. The smallest absolute Gasteiger partial charge is 0.0897 e.